The van der Waals surface area contributed by atoms with Gasteiger partial charge in [0.05, 0.1) is 17.6 Å². The largest absolute Gasteiger partial charge is 0.465 e. The standard InChI is InChI=1S/C13H10O3S/c1-16-13(15)10-6-3-2-5-9(10)12(14)11-7-4-8-17-11/h2-8H,1H3. The molecule has 0 amide bonds. The molecule has 0 spiro atoms. The number of esters is 1. The Balaban J connectivity index is 2.45. The fourth-order valence-electron chi connectivity index (χ4n) is 1.51. The second-order valence-electron chi connectivity index (χ2n) is 3.34. The van der Waals surface area contributed by atoms with Crippen molar-refractivity contribution >= 4 is 23.1 Å². The second-order valence-corrected chi connectivity index (χ2v) is 4.29. The van der Waals surface area contributed by atoms with Crippen molar-refractivity contribution in [2.75, 3.05) is 7.11 Å². The van der Waals surface area contributed by atoms with Crippen LogP contribution in [0, 0.1) is 0 Å². The second kappa shape index (κ2) is 4.93. The number of carbonyl (C=O) groups excluding carboxylic acids is 2. The summed E-state index contributed by atoms with van der Waals surface area (Å²) in [7, 11) is 1.30. The minimum atomic E-state index is -0.495. The molecule has 0 bridgehead atoms. The third-order valence-corrected chi connectivity index (χ3v) is 3.19. The first kappa shape index (κ1) is 11.5. The molecule has 0 N–H and O–H groups in total. The molecule has 0 saturated carbocycles. The van der Waals surface area contributed by atoms with Gasteiger partial charge in [0.2, 0.25) is 5.78 Å². The molecule has 1 aromatic carbocycles. The van der Waals surface area contributed by atoms with Crippen molar-refractivity contribution in [3.63, 3.8) is 0 Å². The number of ketones is 1. The minimum Gasteiger partial charge on any atom is -0.465 e. The maximum Gasteiger partial charge on any atom is 0.338 e. The Kier molecular flexibility index (Phi) is 3.35. The van der Waals surface area contributed by atoms with Crippen LogP contribution in [0.3, 0.4) is 0 Å². The van der Waals surface area contributed by atoms with E-state index in [4.69, 9.17) is 0 Å². The number of benzene rings is 1. The summed E-state index contributed by atoms with van der Waals surface area (Å²) in [5, 5.41) is 1.83. The van der Waals surface area contributed by atoms with Gasteiger partial charge in [-0.15, -0.1) is 11.3 Å². The maximum absolute atomic E-state index is 12.2. The van der Waals surface area contributed by atoms with E-state index in [0.717, 1.165) is 0 Å². The van der Waals surface area contributed by atoms with Crippen molar-refractivity contribution in [1.29, 1.82) is 0 Å². The van der Waals surface area contributed by atoms with Gasteiger partial charge in [-0.3, -0.25) is 4.79 Å². The molecule has 1 heterocycles. The van der Waals surface area contributed by atoms with Crippen LogP contribution in [0.4, 0.5) is 0 Å². The predicted molar refractivity (Wildman–Crippen MR) is 65.5 cm³/mol. The highest BCUT2D eigenvalue weighted by molar-refractivity contribution is 7.12. The summed E-state index contributed by atoms with van der Waals surface area (Å²) < 4.78 is 4.66. The molecule has 0 radical (unpaired) electrons. The topological polar surface area (TPSA) is 43.4 Å². The molecule has 4 heteroatoms. The molecule has 0 aliphatic rings. The van der Waals surface area contributed by atoms with Gasteiger partial charge in [-0.05, 0) is 17.5 Å². The third-order valence-electron chi connectivity index (χ3n) is 2.32. The van der Waals surface area contributed by atoms with Gasteiger partial charge in [-0.2, -0.15) is 0 Å². The molecule has 0 fully saturated rings. The fraction of sp³-hybridized carbons (Fsp3) is 0.0769. The van der Waals surface area contributed by atoms with Gasteiger partial charge >= 0.3 is 5.97 Å². The number of carbonyl (C=O) groups is 2. The van der Waals surface area contributed by atoms with Gasteiger partial charge in [0.15, 0.2) is 0 Å². The number of hydrogen-bond donors (Lipinski definition) is 0. The van der Waals surface area contributed by atoms with Crippen LogP contribution in [0.15, 0.2) is 41.8 Å². The van der Waals surface area contributed by atoms with Gasteiger partial charge in [-0.1, -0.05) is 24.3 Å². The Labute approximate surface area is 103 Å². The molecule has 2 aromatic rings. The Morgan fingerprint density at radius 1 is 1.06 bits per heavy atom. The SMILES string of the molecule is COC(=O)c1ccccc1C(=O)c1cccs1. The van der Waals surface area contributed by atoms with Crippen molar-refractivity contribution in [2.24, 2.45) is 0 Å². The van der Waals surface area contributed by atoms with Crippen LogP contribution in [0.5, 0.6) is 0 Å². The Hall–Kier alpha value is -1.94. The van der Waals surface area contributed by atoms with Crippen molar-refractivity contribution < 1.29 is 14.3 Å². The lowest BCUT2D eigenvalue weighted by Crippen LogP contribution is -2.10. The summed E-state index contributed by atoms with van der Waals surface area (Å²) >= 11 is 1.35. The molecule has 86 valence electrons. The first-order chi connectivity index (χ1) is 8.24. The molecular formula is C13H10O3S. The number of rotatable bonds is 3. The quantitative estimate of drug-likeness (QED) is 0.618. The highest BCUT2D eigenvalue weighted by Crippen LogP contribution is 2.18. The lowest BCUT2D eigenvalue weighted by Gasteiger charge is -2.05. The number of methoxy groups -OCH3 is 1. The summed E-state index contributed by atoms with van der Waals surface area (Å²) in [6.07, 6.45) is 0. The van der Waals surface area contributed by atoms with E-state index in [2.05, 4.69) is 4.74 Å². The van der Waals surface area contributed by atoms with Crippen molar-refractivity contribution in [3.8, 4) is 0 Å². The molecule has 0 unspecified atom stereocenters. The van der Waals surface area contributed by atoms with Gasteiger partial charge < -0.3 is 4.74 Å². The summed E-state index contributed by atoms with van der Waals surface area (Å²) in [6, 6.07) is 10.2. The molecule has 0 aliphatic carbocycles. The zero-order valence-electron chi connectivity index (χ0n) is 9.17. The summed E-state index contributed by atoms with van der Waals surface area (Å²) in [4.78, 5) is 24.3. The molecule has 2 rings (SSSR count). The lowest BCUT2D eigenvalue weighted by atomic mass is 10.0. The normalized spacial score (nSPS) is 9.94. The average molecular weight is 246 g/mol. The number of hydrogen-bond acceptors (Lipinski definition) is 4. The van der Waals surface area contributed by atoms with E-state index in [-0.39, 0.29) is 5.78 Å². The van der Waals surface area contributed by atoms with Crippen LogP contribution < -0.4 is 0 Å². The van der Waals surface area contributed by atoms with Crippen LogP contribution in [0.2, 0.25) is 0 Å². The monoisotopic (exact) mass is 246 g/mol. The van der Waals surface area contributed by atoms with Gasteiger partial charge in [0, 0.05) is 5.56 Å². The summed E-state index contributed by atoms with van der Waals surface area (Å²) in [6.45, 7) is 0. The van der Waals surface area contributed by atoms with E-state index in [1.54, 1.807) is 36.4 Å². The van der Waals surface area contributed by atoms with Gasteiger partial charge in [-0.25, -0.2) is 4.79 Å². The maximum atomic E-state index is 12.2. The smallest absolute Gasteiger partial charge is 0.338 e. The fourth-order valence-corrected chi connectivity index (χ4v) is 2.19. The highest BCUT2D eigenvalue weighted by Gasteiger charge is 2.18. The Morgan fingerprint density at radius 3 is 2.35 bits per heavy atom. The number of ether oxygens (including phenoxy) is 1. The molecule has 3 nitrogen and oxygen atoms in total. The molecule has 0 atom stereocenters. The summed E-state index contributed by atoms with van der Waals surface area (Å²) in [5.41, 5.74) is 0.676. The zero-order valence-corrected chi connectivity index (χ0v) is 9.99. The van der Waals surface area contributed by atoms with E-state index >= 15 is 0 Å². The zero-order chi connectivity index (χ0) is 12.3. The molecule has 1 aromatic heterocycles. The average Bonchev–Trinajstić information content (AvgIpc) is 2.91. The van der Waals surface area contributed by atoms with Crippen LogP contribution >= 0.6 is 11.3 Å². The number of thiophene rings is 1. The van der Waals surface area contributed by atoms with Crippen molar-refractivity contribution in [1.82, 2.24) is 0 Å². The van der Waals surface area contributed by atoms with Crippen LogP contribution in [-0.2, 0) is 4.74 Å². The van der Waals surface area contributed by atoms with Crippen molar-refractivity contribution in [3.05, 3.63) is 57.8 Å². The molecule has 0 aliphatic heterocycles. The van der Waals surface area contributed by atoms with E-state index < -0.39 is 5.97 Å². The van der Waals surface area contributed by atoms with Crippen LogP contribution in [-0.4, -0.2) is 18.9 Å². The lowest BCUT2D eigenvalue weighted by molar-refractivity contribution is 0.0597. The minimum absolute atomic E-state index is 0.152. The van der Waals surface area contributed by atoms with Gasteiger partial charge in [0.25, 0.3) is 0 Å². The third kappa shape index (κ3) is 2.26. The molecule has 17 heavy (non-hydrogen) atoms. The van der Waals surface area contributed by atoms with E-state index in [1.165, 1.54) is 18.4 Å². The Morgan fingerprint density at radius 2 is 1.76 bits per heavy atom. The van der Waals surface area contributed by atoms with Crippen LogP contribution in [0.25, 0.3) is 0 Å². The van der Waals surface area contributed by atoms with Crippen LogP contribution in [0.1, 0.15) is 25.6 Å². The summed E-state index contributed by atoms with van der Waals surface area (Å²) in [5.74, 6) is -0.647. The van der Waals surface area contributed by atoms with E-state index in [0.29, 0.717) is 16.0 Å². The van der Waals surface area contributed by atoms with E-state index in [1.807, 2.05) is 5.38 Å². The highest BCUT2D eigenvalue weighted by atomic mass is 32.1. The van der Waals surface area contributed by atoms with E-state index in [9.17, 15) is 9.59 Å². The molecule has 0 saturated heterocycles. The first-order valence-corrected chi connectivity index (χ1v) is 5.87. The molecular weight excluding hydrogens is 236 g/mol. The first-order valence-electron chi connectivity index (χ1n) is 4.99. The van der Waals surface area contributed by atoms with Gasteiger partial charge in [0.1, 0.15) is 0 Å². The predicted octanol–water partition coefficient (Wildman–Crippen LogP) is 2.77. The Bertz CT molecular complexity index is 544. The van der Waals surface area contributed by atoms with Crippen molar-refractivity contribution in [2.45, 2.75) is 0 Å².